The van der Waals surface area contributed by atoms with Crippen LogP contribution in [0.4, 0.5) is 0 Å². The van der Waals surface area contributed by atoms with Crippen molar-refractivity contribution in [1.82, 2.24) is 9.55 Å². The number of aromatic nitrogens is 2. The molecule has 0 atom stereocenters. The van der Waals surface area contributed by atoms with Crippen molar-refractivity contribution >= 4 is 34.9 Å². The largest absolute Gasteiger partial charge is 0.331 e. The van der Waals surface area contributed by atoms with Crippen LogP contribution in [-0.2, 0) is 5.54 Å². The molecule has 4 heteroatoms. The molecule has 1 fully saturated rings. The van der Waals surface area contributed by atoms with E-state index in [1.165, 1.54) is 37.6 Å². The standard InChI is InChI=1S/C14H17ClN2S/c1-14(7-3-2-4-8-14)17-12-6-5-10(15)9-11(12)16-13(17)18/h5-6,9H,2-4,7-8H2,1H3,(H,16,18). The van der Waals surface area contributed by atoms with Gasteiger partial charge in [-0.15, -0.1) is 0 Å². The molecule has 0 unspecified atom stereocenters. The Kier molecular flexibility index (Phi) is 2.99. The van der Waals surface area contributed by atoms with Crippen molar-refractivity contribution in [3.63, 3.8) is 0 Å². The zero-order valence-electron chi connectivity index (χ0n) is 10.5. The van der Waals surface area contributed by atoms with E-state index < -0.39 is 0 Å². The predicted molar refractivity (Wildman–Crippen MR) is 78.9 cm³/mol. The number of hydrogen-bond acceptors (Lipinski definition) is 1. The molecule has 0 amide bonds. The van der Waals surface area contributed by atoms with E-state index in [4.69, 9.17) is 23.8 Å². The lowest BCUT2D eigenvalue weighted by atomic mass is 9.83. The van der Waals surface area contributed by atoms with Crippen LogP contribution in [0.3, 0.4) is 0 Å². The van der Waals surface area contributed by atoms with E-state index in [0.29, 0.717) is 0 Å². The molecule has 1 aliphatic rings. The Balaban J connectivity index is 2.22. The molecule has 0 aliphatic heterocycles. The van der Waals surface area contributed by atoms with Crippen LogP contribution in [-0.4, -0.2) is 9.55 Å². The minimum absolute atomic E-state index is 0.154. The summed E-state index contributed by atoms with van der Waals surface area (Å²) in [7, 11) is 0. The molecule has 0 saturated heterocycles. The number of imidazole rings is 1. The zero-order valence-corrected chi connectivity index (χ0v) is 12.1. The van der Waals surface area contributed by atoms with Gasteiger partial charge < -0.3 is 9.55 Å². The van der Waals surface area contributed by atoms with Crippen LogP contribution in [0.25, 0.3) is 11.0 Å². The molecule has 3 rings (SSSR count). The molecule has 1 N–H and O–H groups in total. The van der Waals surface area contributed by atoms with E-state index in [1.807, 2.05) is 12.1 Å². The van der Waals surface area contributed by atoms with Crippen LogP contribution in [0.5, 0.6) is 0 Å². The third kappa shape index (κ3) is 1.90. The van der Waals surface area contributed by atoms with Gasteiger partial charge in [0.25, 0.3) is 0 Å². The Morgan fingerprint density at radius 3 is 2.72 bits per heavy atom. The molecule has 0 bridgehead atoms. The van der Waals surface area contributed by atoms with E-state index in [-0.39, 0.29) is 5.54 Å². The van der Waals surface area contributed by atoms with Crippen LogP contribution in [0.1, 0.15) is 39.0 Å². The Morgan fingerprint density at radius 2 is 2.00 bits per heavy atom. The van der Waals surface area contributed by atoms with Crippen LogP contribution in [0, 0.1) is 4.77 Å². The molecule has 1 heterocycles. The second-order valence-electron chi connectivity index (χ2n) is 5.48. The molecule has 1 aliphatic carbocycles. The Morgan fingerprint density at radius 1 is 1.28 bits per heavy atom. The van der Waals surface area contributed by atoms with Crippen molar-refractivity contribution in [2.24, 2.45) is 0 Å². The first kappa shape index (κ1) is 12.2. The molecule has 2 aromatic rings. The summed E-state index contributed by atoms with van der Waals surface area (Å²) < 4.78 is 3.12. The molecule has 1 saturated carbocycles. The van der Waals surface area contributed by atoms with Gasteiger partial charge >= 0.3 is 0 Å². The number of fused-ring (bicyclic) bond motifs is 1. The quantitative estimate of drug-likeness (QED) is 0.727. The highest BCUT2D eigenvalue weighted by molar-refractivity contribution is 7.71. The Bertz CT molecular complexity index is 635. The fourth-order valence-electron chi connectivity index (χ4n) is 3.16. The minimum Gasteiger partial charge on any atom is -0.331 e. The van der Waals surface area contributed by atoms with Gasteiger partial charge in [0.05, 0.1) is 11.0 Å². The van der Waals surface area contributed by atoms with E-state index in [0.717, 1.165) is 15.3 Å². The van der Waals surface area contributed by atoms with Crippen LogP contribution in [0.15, 0.2) is 18.2 Å². The highest BCUT2D eigenvalue weighted by atomic mass is 35.5. The molecule has 1 aromatic heterocycles. The summed E-state index contributed by atoms with van der Waals surface area (Å²) in [6, 6.07) is 5.97. The highest BCUT2D eigenvalue weighted by Gasteiger charge is 2.30. The molecule has 1 aromatic carbocycles. The van der Waals surface area contributed by atoms with E-state index in [2.05, 4.69) is 22.5 Å². The average Bonchev–Trinajstić information content (AvgIpc) is 2.65. The monoisotopic (exact) mass is 280 g/mol. The van der Waals surface area contributed by atoms with Crippen LogP contribution >= 0.6 is 23.8 Å². The highest BCUT2D eigenvalue weighted by Crippen LogP contribution is 2.37. The molecule has 18 heavy (non-hydrogen) atoms. The average molecular weight is 281 g/mol. The van der Waals surface area contributed by atoms with E-state index in [1.54, 1.807) is 0 Å². The second-order valence-corrected chi connectivity index (χ2v) is 6.31. The molecule has 2 nitrogen and oxygen atoms in total. The van der Waals surface area contributed by atoms with Crippen LogP contribution in [0.2, 0.25) is 5.02 Å². The maximum absolute atomic E-state index is 6.04. The lowest BCUT2D eigenvalue weighted by Crippen LogP contribution is -2.32. The third-order valence-corrected chi connectivity index (χ3v) is 4.63. The van der Waals surface area contributed by atoms with Gasteiger partial charge in [0.15, 0.2) is 4.77 Å². The maximum atomic E-state index is 6.04. The number of aromatic amines is 1. The van der Waals surface area contributed by atoms with Crippen molar-refractivity contribution in [3.8, 4) is 0 Å². The fraction of sp³-hybridized carbons (Fsp3) is 0.500. The lowest BCUT2D eigenvalue weighted by Gasteiger charge is -2.35. The number of hydrogen-bond donors (Lipinski definition) is 1. The number of nitrogens with one attached hydrogen (secondary N) is 1. The number of benzene rings is 1. The van der Waals surface area contributed by atoms with E-state index in [9.17, 15) is 0 Å². The first-order valence-electron chi connectivity index (χ1n) is 6.51. The van der Waals surface area contributed by atoms with E-state index >= 15 is 0 Å². The van der Waals surface area contributed by atoms with Gasteiger partial charge in [-0.3, -0.25) is 0 Å². The van der Waals surface area contributed by atoms with Gasteiger partial charge in [0.2, 0.25) is 0 Å². The zero-order chi connectivity index (χ0) is 12.8. The summed E-state index contributed by atoms with van der Waals surface area (Å²) in [5, 5.41) is 0.750. The SMILES string of the molecule is CC1(n2c(=S)[nH]c3cc(Cl)ccc32)CCCCC1. The number of nitrogens with zero attached hydrogens (tertiary/aromatic N) is 1. The molecule has 96 valence electrons. The summed E-state index contributed by atoms with van der Waals surface area (Å²) in [6.45, 7) is 2.32. The summed E-state index contributed by atoms with van der Waals surface area (Å²) in [6.07, 6.45) is 6.34. The third-order valence-electron chi connectivity index (χ3n) is 4.11. The lowest BCUT2D eigenvalue weighted by molar-refractivity contribution is 0.222. The first-order chi connectivity index (χ1) is 8.60. The summed E-state index contributed by atoms with van der Waals surface area (Å²) >= 11 is 11.6. The van der Waals surface area contributed by atoms with Gasteiger partial charge in [-0.05, 0) is 50.2 Å². The molecule has 0 spiro atoms. The molecular weight excluding hydrogens is 264 g/mol. The maximum Gasteiger partial charge on any atom is 0.178 e. The normalized spacial score (nSPS) is 19.2. The van der Waals surface area contributed by atoms with Gasteiger partial charge in [0.1, 0.15) is 0 Å². The van der Waals surface area contributed by atoms with Crippen molar-refractivity contribution in [3.05, 3.63) is 28.0 Å². The second kappa shape index (κ2) is 4.39. The van der Waals surface area contributed by atoms with Crippen LogP contribution < -0.4 is 0 Å². The van der Waals surface area contributed by atoms with Crippen molar-refractivity contribution in [2.45, 2.75) is 44.6 Å². The van der Waals surface area contributed by atoms with Crippen molar-refractivity contribution in [1.29, 1.82) is 0 Å². The summed E-state index contributed by atoms with van der Waals surface area (Å²) in [5.74, 6) is 0. The van der Waals surface area contributed by atoms with Crippen molar-refractivity contribution in [2.75, 3.05) is 0 Å². The predicted octanol–water partition coefficient (Wildman–Crippen LogP) is 5.03. The van der Waals surface area contributed by atoms with Gasteiger partial charge in [-0.25, -0.2) is 0 Å². The van der Waals surface area contributed by atoms with Crippen molar-refractivity contribution < 1.29 is 0 Å². The molecule has 0 radical (unpaired) electrons. The Hall–Kier alpha value is -0.800. The van der Waals surface area contributed by atoms with Gasteiger partial charge in [-0.2, -0.15) is 0 Å². The number of H-pyrrole nitrogens is 1. The molecular formula is C14H17ClN2S. The summed E-state index contributed by atoms with van der Waals surface area (Å²) in [4.78, 5) is 3.28. The fourth-order valence-corrected chi connectivity index (χ4v) is 3.76. The van der Waals surface area contributed by atoms with Gasteiger partial charge in [-0.1, -0.05) is 30.9 Å². The smallest absolute Gasteiger partial charge is 0.178 e. The minimum atomic E-state index is 0.154. The van der Waals surface area contributed by atoms with Gasteiger partial charge in [0, 0.05) is 10.6 Å². The number of rotatable bonds is 1. The number of halogens is 1. The topological polar surface area (TPSA) is 20.7 Å². The first-order valence-corrected chi connectivity index (χ1v) is 7.30. The Labute approximate surface area is 117 Å². The summed E-state index contributed by atoms with van der Waals surface area (Å²) in [5.41, 5.74) is 2.37.